The maximum atomic E-state index is 12.1. The van der Waals surface area contributed by atoms with E-state index in [2.05, 4.69) is 15.3 Å². The average molecular weight is 339 g/mol. The SMILES string of the molecule is COc1ccccc1NC(=O)CCc1csc(-c2ccncc2)n1. The number of anilines is 1. The molecule has 1 amide bonds. The highest BCUT2D eigenvalue weighted by Gasteiger charge is 2.09. The first-order valence-electron chi connectivity index (χ1n) is 7.54. The Kier molecular flexibility index (Phi) is 5.18. The van der Waals surface area contributed by atoms with Crippen LogP contribution in [0.5, 0.6) is 5.75 Å². The van der Waals surface area contributed by atoms with Gasteiger partial charge in [-0.1, -0.05) is 12.1 Å². The molecule has 1 N–H and O–H groups in total. The summed E-state index contributed by atoms with van der Waals surface area (Å²) in [6.45, 7) is 0. The molecule has 0 aliphatic carbocycles. The van der Waals surface area contributed by atoms with Crippen LogP contribution in [0.25, 0.3) is 10.6 Å². The smallest absolute Gasteiger partial charge is 0.224 e. The first-order valence-corrected chi connectivity index (χ1v) is 8.42. The molecule has 3 aromatic rings. The van der Waals surface area contributed by atoms with E-state index in [4.69, 9.17) is 4.74 Å². The van der Waals surface area contributed by atoms with Gasteiger partial charge in [-0.2, -0.15) is 0 Å². The normalized spacial score (nSPS) is 10.4. The van der Waals surface area contributed by atoms with Gasteiger partial charge in [-0.15, -0.1) is 11.3 Å². The van der Waals surface area contributed by atoms with Crippen molar-refractivity contribution in [3.8, 4) is 16.3 Å². The van der Waals surface area contributed by atoms with Crippen molar-refractivity contribution in [2.45, 2.75) is 12.8 Å². The van der Waals surface area contributed by atoms with Crippen LogP contribution in [0, 0.1) is 0 Å². The van der Waals surface area contributed by atoms with E-state index in [1.807, 2.05) is 41.8 Å². The van der Waals surface area contributed by atoms with Crippen molar-refractivity contribution in [2.24, 2.45) is 0 Å². The number of aryl methyl sites for hydroxylation is 1. The largest absolute Gasteiger partial charge is 0.495 e. The third-order valence-corrected chi connectivity index (χ3v) is 4.41. The van der Waals surface area contributed by atoms with E-state index in [0.717, 1.165) is 16.3 Å². The number of carbonyl (C=O) groups excluding carboxylic acids is 1. The van der Waals surface area contributed by atoms with E-state index >= 15 is 0 Å². The fourth-order valence-electron chi connectivity index (χ4n) is 2.25. The van der Waals surface area contributed by atoms with Gasteiger partial charge in [-0.25, -0.2) is 4.98 Å². The number of carbonyl (C=O) groups is 1. The zero-order valence-electron chi connectivity index (χ0n) is 13.2. The van der Waals surface area contributed by atoms with Crippen molar-refractivity contribution in [2.75, 3.05) is 12.4 Å². The second-order valence-electron chi connectivity index (χ2n) is 5.13. The summed E-state index contributed by atoms with van der Waals surface area (Å²) in [5.41, 5.74) is 2.64. The summed E-state index contributed by atoms with van der Waals surface area (Å²) in [6.07, 6.45) is 4.47. The van der Waals surface area contributed by atoms with Gasteiger partial charge in [-0.3, -0.25) is 9.78 Å². The van der Waals surface area contributed by atoms with E-state index < -0.39 is 0 Å². The van der Waals surface area contributed by atoms with Crippen LogP contribution in [0.3, 0.4) is 0 Å². The Labute approximate surface area is 144 Å². The summed E-state index contributed by atoms with van der Waals surface area (Å²) in [6, 6.07) is 11.2. The van der Waals surface area contributed by atoms with Crippen LogP contribution in [0.1, 0.15) is 12.1 Å². The van der Waals surface area contributed by atoms with Crippen molar-refractivity contribution in [1.82, 2.24) is 9.97 Å². The monoisotopic (exact) mass is 339 g/mol. The number of amides is 1. The molecule has 5 nitrogen and oxygen atoms in total. The van der Waals surface area contributed by atoms with Crippen LogP contribution in [0.15, 0.2) is 54.2 Å². The van der Waals surface area contributed by atoms with Crippen molar-refractivity contribution >= 4 is 22.9 Å². The molecule has 0 aliphatic heterocycles. The molecule has 122 valence electrons. The third kappa shape index (κ3) is 3.97. The molecule has 0 spiro atoms. The Morgan fingerprint density at radius 1 is 1.21 bits per heavy atom. The number of nitrogens with one attached hydrogen (secondary N) is 1. The Morgan fingerprint density at radius 3 is 2.79 bits per heavy atom. The first-order chi connectivity index (χ1) is 11.8. The highest BCUT2D eigenvalue weighted by atomic mass is 32.1. The quantitative estimate of drug-likeness (QED) is 0.742. The molecule has 6 heteroatoms. The summed E-state index contributed by atoms with van der Waals surface area (Å²) in [5, 5.41) is 5.81. The minimum atomic E-state index is -0.0574. The molecule has 0 bridgehead atoms. The van der Waals surface area contributed by atoms with Crippen LogP contribution >= 0.6 is 11.3 Å². The third-order valence-electron chi connectivity index (χ3n) is 3.47. The zero-order valence-corrected chi connectivity index (χ0v) is 14.0. The molecular formula is C18H17N3O2S. The molecule has 3 rings (SSSR count). The van der Waals surface area contributed by atoms with Crippen molar-refractivity contribution < 1.29 is 9.53 Å². The maximum absolute atomic E-state index is 12.1. The van der Waals surface area contributed by atoms with Gasteiger partial charge in [0.2, 0.25) is 5.91 Å². The summed E-state index contributed by atoms with van der Waals surface area (Å²) in [7, 11) is 1.58. The van der Waals surface area contributed by atoms with E-state index in [1.54, 1.807) is 30.8 Å². The van der Waals surface area contributed by atoms with Crippen LogP contribution in [0.4, 0.5) is 5.69 Å². The standard InChI is InChI=1S/C18H17N3O2S/c1-23-16-5-3-2-4-15(16)21-17(22)7-6-14-12-24-18(20-14)13-8-10-19-11-9-13/h2-5,8-12H,6-7H2,1H3,(H,21,22). The van der Waals surface area contributed by atoms with Gasteiger partial charge >= 0.3 is 0 Å². The highest BCUT2D eigenvalue weighted by molar-refractivity contribution is 7.13. The van der Waals surface area contributed by atoms with Crippen LogP contribution in [0.2, 0.25) is 0 Å². The Bertz CT molecular complexity index is 818. The molecule has 0 atom stereocenters. The lowest BCUT2D eigenvalue weighted by Crippen LogP contribution is -2.13. The number of rotatable bonds is 6. The number of benzene rings is 1. The Hall–Kier alpha value is -2.73. The van der Waals surface area contributed by atoms with E-state index in [-0.39, 0.29) is 5.91 Å². The van der Waals surface area contributed by atoms with Gasteiger partial charge in [0.25, 0.3) is 0 Å². The number of aromatic nitrogens is 2. The molecule has 1 aromatic carbocycles. The predicted molar refractivity (Wildman–Crippen MR) is 95.3 cm³/mol. The second kappa shape index (κ2) is 7.70. The lowest BCUT2D eigenvalue weighted by molar-refractivity contribution is -0.116. The molecule has 24 heavy (non-hydrogen) atoms. The van der Waals surface area contributed by atoms with Gasteiger partial charge in [0, 0.05) is 29.8 Å². The minimum absolute atomic E-state index is 0.0574. The molecule has 0 saturated heterocycles. The lowest BCUT2D eigenvalue weighted by atomic mass is 10.2. The van der Waals surface area contributed by atoms with Gasteiger partial charge in [0.15, 0.2) is 0 Å². The van der Waals surface area contributed by atoms with E-state index in [1.165, 1.54) is 0 Å². The maximum Gasteiger partial charge on any atom is 0.224 e. The van der Waals surface area contributed by atoms with Crippen molar-refractivity contribution in [3.05, 3.63) is 59.9 Å². The van der Waals surface area contributed by atoms with Crippen molar-refractivity contribution in [3.63, 3.8) is 0 Å². The zero-order chi connectivity index (χ0) is 16.8. The van der Waals surface area contributed by atoms with Crippen LogP contribution in [-0.2, 0) is 11.2 Å². The van der Waals surface area contributed by atoms with Gasteiger partial charge in [0.1, 0.15) is 10.8 Å². The molecule has 0 radical (unpaired) electrons. The van der Waals surface area contributed by atoms with Gasteiger partial charge in [-0.05, 0) is 30.7 Å². The molecule has 2 heterocycles. The molecule has 0 saturated carbocycles. The first kappa shape index (κ1) is 16.1. The fourth-order valence-corrected chi connectivity index (χ4v) is 3.11. The molecule has 0 unspecified atom stereocenters. The Morgan fingerprint density at radius 2 is 2.00 bits per heavy atom. The summed E-state index contributed by atoms with van der Waals surface area (Å²) >= 11 is 1.57. The Balaban J connectivity index is 1.58. The number of thiazole rings is 1. The number of nitrogens with zero attached hydrogens (tertiary/aromatic N) is 2. The number of methoxy groups -OCH3 is 1. The predicted octanol–water partition coefficient (Wildman–Crippen LogP) is 3.79. The molecule has 2 aromatic heterocycles. The fraction of sp³-hybridized carbons (Fsp3) is 0.167. The van der Waals surface area contributed by atoms with Crippen molar-refractivity contribution in [1.29, 1.82) is 0 Å². The number of pyridine rings is 1. The van der Waals surface area contributed by atoms with E-state index in [0.29, 0.717) is 24.3 Å². The minimum Gasteiger partial charge on any atom is -0.495 e. The average Bonchev–Trinajstić information content (AvgIpc) is 3.10. The number of hydrogen-bond acceptors (Lipinski definition) is 5. The number of ether oxygens (including phenoxy) is 1. The highest BCUT2D eigenvalue weighted by Crippen LogP contribution is 2.25. The summed E-state index contributed by atoms with van der Waals surface area (Å²) in [4.78, 5) is 20.7. The van der Waals surface area contributed by atoms with Gasteiger partial charge in [0.05, 0.1) is 18.5 Å². The molecular weight excluding hydrogens is 322 g/mol. The summed E-state index contributed by atoms with van der Waals surface area (Å²) in [5.74, 6) is 0.595. The summed E-state index contributed by atoms with van der Waals surface area (Å²) < 4.78 is 5.23. The van der Waals surface area contributed by atoms with Gasteiger partial charge < -0.3 is 10.1 Å². The molecule has 0 fully saturated rings. The topological polar surface area (TPSA) is 64.1 Å². The molecule has 0 aliphatic rings. The van der Waals surface area contributed by atoms with E-state index in [9.17, 15) is 4.79 Å². The van der Waals surface area contributed by atoms with Crippen LogP contribution in [-0.4, -0.2) is 23.0 Å². The lowest BCUT2D eigenvalue weighted by Gasteiger charge is -2.09. The number of hydrogen-bond donors (Lipinski definition) is 1. The second-order valence-corrected chi connectivity index (χ2v) is 5.99. The van der Waals surface area contributed by atoms with Crippen LogP contribution < -0.4 is 10.1 Å². The number of para-hydroxylation sites is 2.